The maximum atomic E-state index is 16.4. The van der Waals surface area contributed by atoms with Gasteiger partial charge in [0, 0.05) is 49.8 Å². The van der Waals surface area contributed by atoms with Gasteiger partial charge in [-0.1, -0.05) is 6.58 Å². The topological polar surface area (TPSA) is 87.6 Å². The van der Waals surface area contributed by atoms with Crippen molar-refractivity contribution < 1.29 is 22.7 Å². The number of amides is 1. The summed E-state index contributed by atoms with van der Waals surface area (Å²) in [6, 6.07) is -0.490. The molecule has 12 heteroatoms. The van der Waals surface area contributed by atoms with Gasteiger partial charge in [0.25, 0.3) is 5.91 Å². The molecular formula is C30H32F3N7O2. The third kappa shape index (κ3) is 4.47. The van der Waals surface area contributed by atoms with E-state index in [9.17, 15) is 13.6 Å². The van der Waals surface area contributed by atoms with E-state index in [0.29, 0.717) is 49.2 Å². The van der Waals surface area contributed by atoms with Crippen molar-refractivity contribution in [2.24, 2.45) is 0 Å². The number of carbonyl (C=O) groups excluding carboxylic acids is 1. The van der Waals surface area contributed by atoms with Gasteiger partial charge in [-0.05, 0) is 56.7 Å². The van der Waals surface area contributed by atoms with Crippen LogP contribution in [0.25, 0.3) is 22.2 Å². The van der Waals surface area contributed by atoms with Crippen molar-refractivity contribution in [2.75, 3.05) is 38.2 Å². The zero-order valence-corrected chi connectivity index (χ0v) is 23.4. The van der Waals surface area contributed by atoms with E-state index in [1.54, 1.807) is 12.4 Å². The second-order valence-electron chi connectivity index (χ2n) is 11.8. The third-order valence-corrected chi connectivity index (χ3v) is 9.27. The molecule has 0 radical (unpaired) electrons. The Kier molecular flexibility index (Phi) is 6.75. The Hall–Kier alpha value is -3.80. The molecule has 1 amide bonds. The molecule has 0 bridgehead atoms. The van der Waals surface area contributed by atoms with Gasteiger partial charge in [0.2, 0.25) is 0 Å². The van der Waals surface area contributed by atoms with Crippen molar-refractivity contribution in [3.8, 4) is 17.3 Å². The highest BCUT2D eigenvalue weighted by Gasteiger charge is 2.50. The predicted molar refractivity (Wildman–Crippen MR) is 150 cm³/mol. The molecule has 7 rings (SSSR count). The number of alkyl halides is 1. The molecule has 1 aliphatic carbocycles. The van der Waals surface area contributed by atoms with Gasteiger partial charge in [-0.25, -0.2) is 13.2 Å². The van der Waals surface area contributed by atoms with E-state index in [1.807, 2.05) is 23.0 Å². The summed E-state index contributed by atoms with van der Waals surface area (Å²) in [4.78, 5) is 35.8. The number of likely N-dealkylation sites (tertiary alicyclic amines) is 2. The minimum atomic E-state index is -0.985. The molecule has 0 N–H and O–H groups in total. The number of aryl methyl sites for hydroxylation is 1. The van der Waals surface area contributed by atoms with Gasteiger partial charge in [-0.15, -0.1) is 0 Å². The number of fused-ring (bicyclic) bond motifs is 3. The van der Waals surface area contributed by atoms with Crippen molar-refractivity contribution in [1.82, 2.24) is 29.7 Å². The Morgan fingerprint density at radius 1 is 1.14 bits per heavy atom. The van der Waals surface area contributed by atoms with Crippen molar-refractivity contribution in [2.45, 2.75) is 62.8 Å². The van der Waals surface area contributed by atoms with E-state index in [0.717, 1.165) is 36.8 Å². The second-order valence-corrected chi connectivity index (χ2v) is 11.8. The van der Waals surface area contributed by atoms with E-state index >= 15 is 4.39 Å². The fourth-order valence-corrected chi connectivity index (χ4v) is 7.00. The molecule has 3 fully saturated rings. The van der Waals surface area contributed by atoms with Crippen molar-refractivity contribution in [3.05, 3.63) is 47.9 Å². The maximum absolute atomic E-state index is 16.4. The molecule has 220 valence electrons. The van der Waals surface area contributed by atoms with E-state index in [2.05, 4.69) is 26.5 Å². The largest absolute Gasteiger partial charge is 0.462 e. The number of hydrogen-bond donors (Lipinski definition) is 0. The number of nitrogens with zero attached hydrogens (tertiary/aromatic N) is 7. The second kappa shape index (κ2) is 10.5. The van der Waals surface area contributed by atoms with Crippen LogP contribution in [0.2, 0.25) is 0 Å². The number of carbonyl (C=O) groups is 1. The normalized spacial score (nSPS) is 25.3. The molecule has 9 nitrogen and oxygen atoms in total. The SMILES string of the molecule is C=C(F)C(=O)N1CC[C@@H]2[C@H]1CN2c1nc(OC[C@@H]2C[C@@H](F)CN2C)nc2c(F)c(-c3cncc4c3CCCC4)ncc12. The monoisotopic (exact) mass is 579 g/mol. The number of aromatic nitrogens is 4. The van der Waals surface area contributed by atoms with Crippen LogP contribution in [0.1, 0.15) is 36.8 Å². The number of rotatable bonds is 6. The lowest BCUT2D eigenvalue weighted by Gasteiger charge is -2.47. The lowest BCUT2D eigenvalue weighted by molar-refractivity contribution is -0.130. The van der Waals surface area contributed by atoms with E-state index in [1.165, 1.54) is 4.90 Å². The Bertz CT molecular complexity index is 1590. The average Bonchev–Trinajstić information content (AvgIpc) is 3.48. The molecule has 0 unspecified atom stereocenters. The standard InChI is InChI=1S/C30H32F3N7O2/c1-16(31)29(41)39-8-7-23-24(39)14-40(23)28-22-12-35-26(21-11-34-10-17-5-3-4-6-20(17)21)25(33)27(22)36-30(37-28)42-15-19-9-18(32)13-38(19)2/h10-12,18-19,23-24H,1,3-9,13-15H2,2H3/t18-,19+,23-,24-/m1/s1. The highest BCUT2D eigenvalue weighted by Crippen LogP contribution is 2.41. The summed E-state index contributed by atoms with van der Waals surface area (Å²) in [5.41, 5.74) is 3.09. The summed E-state index contributed by atoms with van der Waals surface area (Å²) >= 11 is 0. The fourth-order valence-electron chi connectivity index (χ4n) is 7.00. The average molecular weight is 580 g/mol. The first-order valence-corrected chi connectivity index (χ1v) is 14.5. The number of ether oxygens (including phenoxy) is 1. The summed E-state index contributed by atoms with van der Waals surface area (Å²) < 4.78 is 50.0. The zero-order valence-electron chi connectivity index (χ0n) is 23.4. The van der Waals surface area contributed by atoms with Crippen molar-refractivity contribution >= 4 is 22.6 Å². The molecule has 3 aromatic rings. The molecule has 0 saturated carbocycles. The summed E-state index contributed by atoms with van der Waals surface area (Å²) in [6.45, 7) is 4.42. The lowest BCUT2D eigenvalue weighted by Crippen LogP contribution is -2.63. The van der Waals surface area contributed by atoms with Crippen LogP contribution in [0.3, 0.4) is 0 Å². The molecule has 4 atom stereocenters. The van der Waals surface area contributed by atoms with Crippen LogP contribution >= 0.6 is 0 Å². The van der Waals surface area contributed by atoms with Crippen LogP contribution in [-0.4, -0.2) is 93.2 Å². The van der Waals surface area contributed by atoms with Crippen LogP contribution in [0.4, 0.5) is 19.0 Å². The highest BCUT2D eigenvalue weighted by molar-refractivity contribution is 5.94. The minimum absolute atomic E-state index is 0.0102. The molecule has 6 heterocycles. The summed E-state index contributed by atoms with van der Waals surface area (Å²) in [7, 11) is 1.84. The quantitative estimate of drug-likeness (QED) is 0.408. The van der Waals surface area contributed by atoms with E-state index in [-0.39, 0.29) is 42.0 Å². The van der Waals surface area contributed by atoms with Crippen LogP contribution in [0, 0.1) is 5.82 Å². The first-order chi connectivity index (χ1) is 20.3. The smallest absolute Gasteiger partial charge is 0.319 e. The number of halogens is 3. The number of likely N-dealkylation sites (N-methyl/N-ethyl adjacent to an activating group) is 1. The van der Waals surface area contributed by atoms with Gasteiger partial charge in [0.15, 0.2) is 11.6 Å². The maximum Gasteiger partial charge on any atom is 0.319 e. The van der Waals surface area contributed by atoms with Gasteiger partial charge < -0.3 is 14.5 Å². The number of pyridine rings is 2. The molecule has 42 heavy (non-hydrogen) atoms. The Morgan fingerprint density at radius 3 is 2.76 bits per heavy atom. The zero-order chi connectivity index (χ0) is 29.1. The van der Waals surface area contributed by atoms with Crippen LogP contribution < -0.4 is 9.64 Å². The number of hydrogen-bond acceptors (Lipinski definition) is 8. The molecular weight excluding hydrogens is 547 g/mol. The third-order valence-electron chi connectivity index (χ3n) is 9.27. The lowest BCUT2D eigenvalue weighted by atomic mass is 9.89. The fraction of sp³-hybridized carbons (Fsp3) is 0.500. The van der Waals surface area contributed by atoms with Gasteiger partial charge in [-0.2, -0.15) is 9.97 Å². The summed E-state index contributed by atoms with van der Waals surface area (Å²) in [5, 5.41) is 0.418. The molecule has 0 aromatic carbocycles. The molecule has 0 spiro atoms. The van der Waals surface area contributed by atoms with E-state index in [4.69, 9.17) is 4.74 Å². The first kappa shape index (κ1) is 27.1. The summed E-state index contributed by atoms with van der Waals surface area (Å²) in [6.07, 6.45) is 8.93. The van der Waals surface area contributed by atoms with Crippen LogP contribution in [0.15, 0.2) is 31.0 Å². The van der Waals surface area contributed by atoms with Crippen molar-refractivity contribution in [1.29, 1.82) is 0 Å². The van der Waals surface area contributed by atoms with Crippen LogP contribution in [0.5, 0.6) is 6.01 Å². The van der Waals surface area contributed by atoms with Crippen LogP contribution in [-0.2, 0) is 17.6 Å². The Labute approximate surface area is 241 Å². The molecule has 4 aliphatic rings. The van der Waals surface area contributed by atoms with Gasteiger partial charge >= 0.3 is 6.01 Å². The Morgan fingerprint density at radius 2 is 1.98 bits per heavy atom. The van der Waals surface area contributed by atoms with Gasteiger partial charge in [0.1, 0.15) is 29.8 Å². The predicted octanol–water partition coefficient (Wildman–Crippen LogP) is 3.80. The van der Waals surface area contributed by atoms with Gasteiger partial charge in [0.05, 0.1) is 17.5 Å². The Balaban J connectivity index is 1.28. The molecule has 3 aromatic heterocycles. The number of anilines is 1. The van der Waals surface area contributed by atoms with E-state index < -0.39 is 23.7 Å². The van der Waals surface area contributed by atoms with Gasteiger partial charge in [-0.3, -0.25) is 19.7 Å². The first-order valence-electron chi connectivity index (χ1n) is 14.5. The molecule has 3 aliphatic heterocycles. The highest BCUT2D eigenvalue weighted by atomic mass is 19.1. The summed E-state index contributed by atoms with van der Waals surface area (Å²) in [5.74, 6) is -1.83. The molecule has 3 saturated heterocycles. The minimum Gasteiger partial charge on any atom is -0.462 e. The van der Waals surface area contributed by atoms with Crippen molar-refractivity contribution in [3.63, 3.8) is 0 Å².